The summed E-state index contributed by atoms with van der Waals surface area (Å²) in [7, 11) is 1.77. The molecule has 3 heteroatoms. The molecule has 1 atom stereocenters. The number of carbonyl (C=O) groups is 1. The molecule has 0 bridgehead atoms. The summed E-state index contributed by atoms with van der Waals surface area (Å²) in [4.78, 5) is 13.6. The highest BCUT2D eigenvalue weighted by Gasteiger charge is 2.18. The Bertz CT molecular complexity index is 387. The molecule has 16 heavy (non-hydrogen) atoms. The van der Waals surface area contributed by atoms with Crippen molar-refractivity contribution in [1.82, 2.24) is 4.90 Å². The molecule has 1 aromatic carbocycles. The topological polar surface area (TPSA) is 46.3 Å². The Morgan fingerprint density at radius 1 is 1.62 bits per heavy atom. The maximum atomic E-state index is 12.0. The number of likely N-dealkylation sites (N-methyl/N-ethyl adjacent to an activating group) is 1. The minimum Gasteiger partial charge on any atom is -0.399 e. The molecule has 2 N–H and O–H groups in total. The van der Waals surface area contributed by atoms with Crippen molar-refractivity contribution in [3.63, 3.8) is 0 Å². The van der Waals surface area contributed by atoms with Crippen molar-refractivity contribution in [2.24, 2.45) is 0 Å². The van der Waals surface area contributed by atoms with Crippen LogP contribution in [0.2, 0.25) is 0 Å². The van der Waals surface area contributed by atoms with Crippen molar-refractivity contribution in [1.29, 1.82) is 0 Å². The van der Waals surface area contributed by atoms with Gasteiger partial charge in [0.1, 0.15) is 0 Å². The molecule has 0 saturated carbocycles. The van der Waals surface area contributed by atoms with Crippen molar-refractivity contribution < 1.29 is 4.79 Å². The standard InChI is InChI=1S/C13H18N2O/c1-4-8-15(3)13(16)10(2)11-6-5-7-12(14)9-11/h4-7,9-10H,1,8,14H2,2-3H3. The van der Waals surface area contributed by atoms with Crippen LogP contribution in [0.15, 0.2) is 36.9 Å². The fraction of sp³-hybridized carbons (Fsp3) is 0.308. The summed E-state index contributed by atoms with van der Waals surface area (Å²) in [5.74, 6) is -0.0982. The van der Waals surface area contributed by atoms with Crippen LogP contribution in [0, 0.1) is 0 Å². The predicted molar refractivity (Wildman–Crippen MR) is 67.1 cm³/mol. The number of amides is 1. The van der Waals surface area contributed by atoms with Crippen molar-refractivity contribution in [2.75, 3.05) is 19.3 Å². The minimum absolute atomic E-state index is 0.0745. The predicted octanol–water partition coefficient (Wildman–Crippen LogP) is 2.02. The van der Waals surface area contributed by atoms with E-state index >= 15 is 0 Å². The van der Waals surface area contributed by atoms with Crippen molar-refractivity contribution in [3.8, 4) is 0 Å². The summed E-state index contributed by atoms with van der Waals surface area (Å²) in [5.41, 5.74) is 7.32. The van der Waals surface area contributed by atoms with E-state index in [2.05, 4.69) is 6.58 Å². The maximum absolute atomic E-state index is 12.0. The molecule has 0 aliphatic heterocycles. The lowest BCUT2D eigenvalue weighted by Gasteiger charge is -2.20. The van der Waals surface area contributed by atoms with Crippen molar-refractivity contribution >= 4 is 11.6 Å². The number of carbonyl (C=O) groups excluding carboxylic acids is 1. The second kappa shape index (κ2) is 5.35. The number of nitrogen functional groups attached to an aromatic ring is 1. The van der Waals surface area contributed by atoms with E-state index in [4.69, 9.17) is 5.73 Å². The molecule has 0 spiro atoms. The average Bonchev–Trinajstić information content (AvgIpc) is 2.27. The van der Waals surface area contributed by atoms with Crippen LogP contribution in [-0.4, -0.2) is 24.4 Å². The molecule has 86 valence electrons. The van der Waals surface area contributed by atoms with Crippen LogP contribution in [0.1, 0.15) is 18.4 Å². The van der Waals surface area contributed by atoms with Crippen LogP contribution in [0.4, 0.5) is 5.69 Å². The molecule has 0 aromatic heterocycles. The molecule has 0 heterocycles. The third-order valence-corrected chi connectivity index (χ3v) is 2.56. The lowest BCUT2D eigenvalue weighted by Crippen LogP contribution is -2.30. The molecule has 1 amide bonds. The van der Waals surface area contributed by atoms with Crippen molar-refractivity contribution in [2.45, 2.75) is 12.8 Å². The van der Waals surface area contributed by atoms with Gasteiger partial charge in [0.25, 0.3) is 0 Å². The van der Waals surface area contributed by atoms with Gasteiger partial charge in [-0.15, -0.1) is 6.58 Å². The zero-order chi connectivity index (χ0) is 12.1. The molecule has 1 aromatic rings. The van der Waals surface area contributed by atoms with Gasteiger partial charge in [0.2, 0.25) is 5.91 Å². The lowest BCUT2D eigenvalue weighted by molar-refractivity contribution is -0.130. The largest absolute Gasteiger partial charge is 0.399 e. The number of nitrogens with zero attached hydrogens (tertiary/aromatic N) is 1. The van der Waals surface area contributed by atoms with Crippen molar-refractivity contribution in [3.05, 3.63) is 42.5 Å². The van der Waals surface area contributed by atoms with Crippen LogP contribution in [0.25, 0.3) is 0 Å². The molecule has 0 aliphatic rings. The van der Waals surface area contributed by atoms with E-state index in [1.54, 1.807) is 18.0 Å². The summed E-state index contributed by atoms with van der Waals surface area (Å²) < 4.78 is 0. The summed E-state index contributed by atoms with van der Waals surface area (Å²) in [5, 5.41) is 0. The first-order valence-electron chi connectivity index (χ1n) is 5.27. The van der Waals surface area contributed by atoms with E-state index in [-0.39, 0.29) is 11.8 Å². The Labute approximate surface area is 96.6 Å². The Kier molecular flexibility index (Phi) is 4.11. The van der Waals surface area contributed by atoms with Gasteiger partial charge in [0.05, 0.1) is 5.92 Å². The fourth-order valence-corrected chi connectivity index (χ4v) is 1.59. The molecule has 1 rings (SSSR count). The zero-order valence-corrected chi connectivity index (χ0v) is 9.81. The van der Waals surface area contributed by atoms with Gasteiger partial charge in [-0.05, 0) is 24.6 Å². The number of hydrogen-bond acceptors (Lipinski definition) is 2. The molecular formula is C13H18N2O. The Hall–Kier alpha value is -1.77. The quantitative estimate of drug-likeness (QED) is 0.620. The SMILES string of the molecule is C=CCN(C)C(=O)C(C)c1cccc(N)c1. The Morgan fingerprint density at radius 3 is 2.88 bits per heavy atom. The van der Waals surface area contributed by atoms with E-state index in [0.29, 0.717) is 12.2 Å². The Balaban J connectivity index is 2.81. The first-order chi connectivity index (χ1) is 7.56. The lowest BCUT2D eigenvalue weighted by atomic mass is 9.99. The number of rotatable bonds is 4. The highest BCUT2D eigenvalue weighted by atomic mass is 16.2. The summed E-state index contributed by atoms with van der Waals surface area (Å²) in [6.07, 6.45) is 1.71. The van der Waals surface area contributed by atoms with E-state index in [0.717, 1.165) is 5.56 Å². The average molecular weight is 218 g/mol. The highest BCUT2D eigenvalue weighted by molar-refractivity contribution is 5.83. The second-order valence-corrected chi connectivity index (χ2v) is 3.90. The molecule has 0 saturated heterocycles. The minimum atomic E-state index is -0.173. The van der Waals surface area contributed by atoms with Gasteiger partial charge in [-0.1, -0.05) is 18.2 Å². The van der Waals surface area contributed by atoms with Gasteiger partial charge in [-0.2, -0.15) is 0 Å². The molecule has 3 nitrogen and oxygen atoms in total. The number of nitrogens with two attached hydrogens (primary N) is 1. The summed E-state index contributed by atoms with van der Waals surface area (Å²) in [6.45, 7) is 6.06. The maximum Gasteiger partial charge on any atom is 0.229 e. The van der Waals surface area contributed by atoms with E-state index in [1.165, 1.54) is 0 Å². The van der Waals surface area contributed by atoms with Gasteiger partial charge in [0, 0.05) is 19.3 Å². The Morgan fingerprint density at radius 2 is 2.31 bits per heavy atom. The third kappa shape index (κ3) is 2.86. The van der Waals surface area contributed by atoms with Gasteiger partial charge in [-0.25, -0.2) is 0 Å². The van der Waals surface area contributed by atoms with E-state index in [1.807, 2.05) is 31.2 Å². The van der Waals surface area contributed by atoms with Crippen LogP contribution in [0.5, 0.6) is 0 Å². The number of benzene rings is 1. The second-order valence-electron chi connectivity index (χ2n) is 3.90. The third-order valence-electron chi connectivity index (χ3n) is 2.56. The molecule has 0 fully saturated rings. The van der Waals surface area contributed by atoms with Crippen LogP contribution in [-0.2, 0) is 4.79 Å². The van der Waals surface area contributed by atoms with Gasteiger partial charge in [0.15, 0.2) is 0 Å². The molecule has 1 unspecified atom stereocenters. The normalized spacial score (nSPS) is 11.9. The van der Waals surface area contributed by atoms with E-state index < -0.39 is 0 Å². The monoisotopic (exact) mass is 218 g/mol. The molecular weight excluding hydrogens is 200 g/mol. The number of hydrogen-bond donors (Lipinski definition) is 1. The molecule has 0 aliphatic carbocycles. The number of anilines is 1. The van der Waals surface area contributed by atoms with Crippen LogP contribution < -0.4 is 5.73 Å². The first-order valence-corrected chi connectivity index (χ1v) is 5.27. The van der Waals surface area contributed by atoms with Gasteiger partial charge >= 0.3 is 0 Å². The smallest absolute Gasteiger partial charge is 0.229 e. The van der Waals surface area contributed by atoms with Gasteiger partial charge in [-0.3, -0.25) is 4.79 Å². The van der Waals surface area contributed by atoms with Crippen LogP contribution in [0.3, 0.4) is 0 Å². The highest BCUT2D eigenvalue weighted by Crippen LogP contribution is 2.19. The molecule has 0 radical (unpaired) electrons. The summed E-state index contributed by atoms with van der Waals surface area (Å²) in [6, 6.07) is 7.43. The van der Waals surface area contributed by atoms with Crippen LogP contribution >= 0.6 is 0 Å². The summed E-state index contributed by atoms with van der Waals surface area (Å²) >= 11 is 0. The van der Waals surface area contributed by atoms with E-state index in [9.17, 15) is 4.79 Å². The fourth-order valence-electron chi connectivity index (χ4n) is 1.59. The first kappa shape index (κ1) is 12.3. The zero-order valence-electron chi connectivity index (χ0n) is 9.81. The van der Waals surface area contributed by atoms with Gasteiger partial charge < -0.3 is 10.6 Å².